The molecule has 0 aliphatic carbocycles. The molecular formula is C14H22N2O3S. The monoisotopic (exact) mass is 298 g/mol. The van der Waals surface area contributed by atoms with Gasteiger partial charge in [0.25, 0.3) is 0 Å². The molecule has 0 saturated carbocycles. The number of carbonyl (C=O) groups excluding carboxylic acids is 1. The summed E-state index contributed by atoms with van der Waals surface area (Å²) in [6.45, 7) is 4.91. The van der Waals surface area contributed by atoms with Gasteiger partial charge < -0.3 is 10.6 Å². The molecule has 1 aromatic rings. The van der Waals surface area contributed by atoms with Gasteiger partial charge in [0.1, 0.15) is 0 Å². The summed E-state index contributed by atoms with van der Waals surface area (Å²) in [7, 11) is -3.20. The van der Waals surface area contributed by atoms with Crippen molar-refractivity contribution in [2.24, 2.45) is 5.92 Å². The topological polar surface area (TPSA) is 75.3 Å². The van der Waals surface area contributed by atoms with Crippen molar-refractivity contribution in [2.45, 2.75) is 31.6 Å². The lowest BCUT2D eigenvalue weighted by Gasteiger charge is -2.09. The molecule has 0 heterocycles. The van der Waals surface area contributed by atoms with Crippen molar-refractivity contribution in [1.29, 1.82) is 0 Å². The van der Waals surface area contributed by atoms with Gasteiger partial charge in [-0.2, -0.15) is 0 Å². The number of sulfone groups is 1. The molecule has 20 heavy (non-hydrogen) atoms. The van der Waals surface area contributed by atoms with Gasteiger partial charge in [-0.1, -0.05) is 13.8 Å². The van der Waals surface area contributed by atoms with E-state index in [2.05, 4.69) is 24.5 Å². The third kappa shape index (κ3) is 6.06. The first-order chi connectivity index (χ1) is 9.29. The Labute approximate surface area is 120 Å². The van der Waals surface area contributed by atoms with E-state index in [0.29, 0.717) is 18.2 Å². The summed E-state index contributed by atoms with van der Waals surface area (Å²) in [5, 5.41) is 5.43. The summed E-state index contributed by atoms with van der Waals surface area (Å²) < 4.78 is 22.6. The number of rotatable bonds is 6. The predicted octanol–water partition coefficient (Wildman–Crippen LogP) is 2.65. The van der Waals surface area contributed by atoms with Gasteiger partial charge in [0.05, 0.1) is 4.90 Å². The molecule has 5 nitrogen and oxygen atoms in total. The lowest BCUT2D eigenvalue weighted by Crippen LogP contribution is -2.29. The van der Waals surface area contributed by atoms with Crippen molar-refractivity contribution >= 4 is 21.6 Å². The van der Waals surface area contributed by atoms with Gasteiger partial charge in [-0.05, 0) is 43.0 Å². The molecule has 0 aromatic heterocycles. The van der Waals surface area contributed by atoms with E-state index in [9.17, 15) is 13.2 Å². The second-order valence-electron chi connectivity index (χ2n) is 5.21. The van der Waals surface area contributed by atoms with Crippen LogP contribution in [0.2, 0.25) is 0 Å². The summed E-state index contributed by atoms with van der Waals surface area (Å²) in [6.07, 6.45) is 3.16. The molecule has 6 heteroatoms. The standard InChI is InChI=1S/C14H22N2O3S/c1-11(2)5-4-10-15-14(17)16-12-6-8-13(9-7-12)20(3,18)19/h6-9,11H,4-5,10H2,1-3H3,(H2,15,16,17). The minimum absolute atomic E-state index is 0.236. The quantitative estimate of drug-likeness (QED) is 0.793. The fraction of sp³-hybridized carbons (Fsp3) is 0.500. The number of anilines is 1. The fourth-order valence-electron chi connectivity index (χ4n) is 1.67. The largest absolute Gasteiger partial charge is 0.338 e. The van der Waals surface area contributed by atoms with Crippen LogP contribution >= 0.6 is 0 Å². The summed E-state index contributed by atoms with van der Waals surface area (Å²) in [4.78, 5) is 11.8. The first-order valence-corrected chi connectivity index (χ1v) is 8.53. The molecule has 0 spiro atoms. The number of amides is 2. The minimum atomic E-state index is -3.20. The van der Waals surface area contributed by atoms with Gasteiger partial charge in [0.15, 0.2) is 9.84 Å². The van der Waals surface area contributed by atoms with Crippen LogP contribution in [0, 0.1) is 5.92 Å². The van der Waals surface area contributed by atoms with Crippen LogP contribution in [0.3, 0.4) is 0 Å². The van der Waals surface area contributed by atoms with Crippen molar-refractivity contribution in [2.75, 3.05) is 18.1 Å². The molecular weight excluding hydrogens is 276 g/mol. The zero-order valence-corrected chi connectivity index (χ0v) is 13.0. The van der Waals surface area contributed by atoms with E-state index in [1.807, 2.05) is 0 Å². The lowest BCUT2D eigenvalue weighted by atomic mass is 10.1. The van der Waals surface area contributed by atoms with Crippen LogP contribution in [0.15, 0.2) is 29.2 Å². The smallest absolute Gasteiger partial charge is 0.319 e. The van der Waals surface area contributed by atoms with Crippen LogP contribution in [-0.2, 0) is 9.84 Å². The summed E-state index contributed by atoms with van der Waals surface area (Å²) in [5.74, 6) is 0.628. The van der Waals surface area contributed by atoms with Crippen molar-refractivity contribution in [3.05, 3.63) is 24.3 Å². The van der Waals surface area contributed by atoms with E-state index in [-0.39, 0.29) is 10.9 Å². The molecule has 0 fully saturated rings. The maximum atomic E-state index is 11.6. The predicted molar refractivity (Wildman–Crippen MR) is 80.6 cm³/mol. The van der Waals surface area contributed by atoms with Crippen molar-refractivity contribution in [3.8, 4) is 0 Å². The third-order valence-corrected chi connectivity index (χ3v) is 3.91. The van der Waals surface area contributed by atoms with Crippen LogP contribution in [0.1, 0.15) is 26.7 Å². The Hall–Kier alpha value is -1.56. The first-order valence-electron chi connectivity index (χ1n) is 6.64. The normalized spacial score (nSPS) is 11.4. The van der Waals surface area contributed by atoms with Crippen LogP contribution in [0.4, 0.5) is 10.5 Å². The van der Waals surface area contributed by atoms with Gasteiger partial charge in [0.2, 0.25) is 0 Å². The molecule has 0 aliphatic heterocycles. The Morgan fingerprint density at radius 1 is 1.20 bits per heavy atom. The first kappa shape index (κ1) is 16.5. The van der Waals surface area contributed by atoms with Gasteiger partial charge in [-0.15, -0.1) is 0 Å². The average molecular weight is 298 g/mol. The fourth-order valence-corrected chi connectivity index (χ4v) is 2.30. The molecule has 0 saturated heterocycles. The number of nitrogens with one attached hydrogen (secondary N) is 2. The van der Waals surface area contributed by atoms with Crippen LogP contribution in [0.25, 0.3) is 0 Å². The Bertz CT molecular complexity index is 536. The highest BCUT2D eigenvalue weighted by Crippen LogP contribution is 2.13. The second kappa shape index (κ2) is 7.28. The van der Waals surface area contributed by atoms with E-state index in [1.54, 1.807) is 12.1 Å². The molecule has 0 unspecified atom stereocenters. The van der Waals surface area contributed by atoms with E-state index >= 15 is 0 Å². The number of hydrogen-bond donors (Lipinski definition) is 2. The van der Waals surface area contributed by atoms with Gasteiger partial charge in [-0.25, -0.2) is 13.2 Å². The number of benzene rings is 1. The molecule has 0 atom stereocenters. The maximum Gasteiger partial charge on any atom is 0.319 e. The van der Waals surface area contributed by atoms with Gasteiger partial charge in [-0.3, -0.25) is 0 Å². The molecule has 0 radical (unpaired) electrons. The van der Waals surface area contributed by atoms with Gasteiger partial charge in [0, 0.05) is 18.5 Å². The van der Waals surface area contributed by atoms with Crippen molar-refractivity contribution in [1.82, 2.24) is 5.32 Å². The highest BCUT2D eigenvalue weighted by atomic mass is 32.2. The van der Waals surface area contributed by atoms with Crippen LogP contribution in [-0.4, -0.2) is 27.2 Å². The molecule has 112 valence electrons. The highest BCUT2D eigenvalue weighted by Gasteiger charge is 2.07. The zero-order valence-electron chi connectivity index (χ0n) is 12.1. The van der Waals surface area contributed by atoms with E-state index < -0.39 is 9.84 Å². The highest BCUT2D eigenvalue weighted by molar-refractivity contribution is 7.90. The van der Waals surface area contributed by atoms with E-state index in [1.165, 1.54) is 12.1 Å². The molecule has 0 aliphatic rings. The molecule has 1 rings (SSSR count). The number of hydrogen-bond acceptors (Lipinski definition) is 3. The Morgan fingerprint density at radius 3 is 2.30 bits per heavy atom. The minimum Gasteiger partial charge on any atom is -0.338 e. The Kier molecular flexibility index (Phi) is 6.01. The SMILES string of the molecule is CC(C)CCCNC(=O)Nc1ccc(S(C)(=O)=O)cc1. The second-order valence-corrected chi connectivity index (χ2v) is 7.23. The lowest BCUT2D eigenvalue weighted by molar-refractivity contribution is 0.251. The summed E-state index contributed by atoms with van der Waals surface area (Å²) in [5.41, 5.74) is 0.568. The van der Waals surface area contributed by atoms with Crippen LogP contribution in [0.5, 0.6) is 0 Å². The Morgan fingerprint density at radius 2 is 1.80 bits per heavy atom. The van der Waals surface area contributed by atoms with Crippen molar-refractivity contribution < 1.29 is 13.2 Å². The van der Waals surface area contributed by atoms with Crippen molar-refractivity contribution in [3.63, 3.8) is 0 Å². The maximum absolute atomic E-state index is 11.6. The van der Waals surface area contributed by atoms with E-state index in [0.717, 1.165) is 19.1 Å². The average Bonchev–Trinajstić information content (AvgIpc) is 2.34. The zero-order chi connectivity index (χ0) is 15.2. The van der Waals surface area contributed by atoms with Crippen LogP contribution < -0.4 is 10.6 Å². The number of urea groups is 1. The van der Waals surface area contributed by atoms with Gasteiger partial charge >= 0.3 is 6.03 Å². The molecule has 1 aromatic carbocycles. The van der Waals surface area contributed by atoms with E-state index in [4.69, 9.17) is 0 Å². The summed E-state index contributed by atoms with van der Waals surface area (Å²) in [6, 6.07) is 5.82. The number of carbonyl (C=O) groups is 1. The molecule has 2 amide bonds. The molecule has 2 N–H and O–H groups in total. The summed E-state index contributed by atoms with van der Waals surface area (Å²) >= 11 is 0. The third-order valence-electron chi connectivity index (χ3n) is 2.78. The molecule has 0 bridgehead atoms. The Balaban J connectivity index is 2.43.